The number of hydrogen-bond acceptors (Lipinski definition) is 3. The number of likely N-dealkylation sites (N-methyl/N-ethyl adjacent to an activating group) is 1. The highest BCUT2D eigenvalue weighted by Gasteiger charge is 2.18. The first-order valence-electron chi connectivity index (χ1n) is 8.04. The Morgan fingerprint density at radius 2 is 1.65 bits per heavy atom. The number of amides is 1. The quantitative estimate of drug-likeness (QED) is 0.441. The minimum atomic E-state index is 0.0522. The molecule has 0 aliphatic carbocycles. The normalized spacial score (nSPS) is 10.7. The van der Waals surface area contributed by atoms with Gasteiger partial charge in [-0.05, 0) is 31.0 Å². The molecule has 0 radical (unpaired) electrons. The fraction of sp³-hybridized carbons (Fsp3) is 0.529. The maximum atomic E-state index is 12.7. The Balaban J connectivity index is 2.75. The van der Waals surface area contributed by atoms with Crippen LogP contribution < -0.4 is 0 Å². The van der Waals surface area contributed by atoms with E-state index in [0.29, 0.717) is 10.9 Å². The summed E-state index contributed by atoms with van der Waals surface area (Å²) in [5.41, 5.74) is 1.91. The summed E-state index contributed by atoms with van der Waals surface area (Å²) in [5, 5.41) is 3.86. The van der Waals surface area contributed by atoms with Gasteiger partial charge in [-0.15, -0.1) is 12.6 Å². The SMILES string of the molecule is CCN(CC)N(CC)C(=O)c1ccc(CCN(C)C(=S)S)cc1. The van der Waals surface area contributed by atoms with E-state index in [1.807, 2.05) is 48.1 Å². The number of thiocarbonyl (C=S) groups is 1. The highest BCUT2D eigenvalue weighted by Crippen LogP contribution is 2.11. The van der Waals surface area contributed by atoms with Gasteiger partial charge in [0.05, 0.1) is 0 Å². The largest absolute Gasteiger partial charge is 0.360 e. The average Bonchev–Trinajstić information content (AvgIpc) is 2.57. The van der Waals surface area contributed by atoms with Gasteiger partial charge in [0.15, 0.2) is 0 Å². The summed E-state index contributed by atoms with van der Waals surface area (Å²) in [6.07, 6.45) is 0.874. The number of carbonyl (C=O) groups is 1. The molecule has 0 aliphatic heterocycles. The van der Waals surface area contributed by atoms with Crippen molar-refractivity contribution < 1.29 is 4.79 Å². The summed E-state index contributed by atoms with van der Waals surface area (Å²) < 4.78 is 0.592. The minimum absolute atomic E-state index is 0.0522. The molecule has 0 saturated heterocycles. The molecule has 0 N–H and O–H groups in total. The predicted octanol–water partition coefficient (Wildman–Crippen LogP) is 3.09. The van der Waals surface area contributed by atoms with E-state index >= 15 is 0 Å². The molecule has 1 rings (SSSR count). The maximum absolute atomic E-state index is 12.7. The molecule has 0 aromatic heterocycles. The van der Waals surface area contributed by atoms with Crippen LogP contribution in [0.3, 0.4) is 0 Å². The van der Waals surface area contributed by atoms with Crippen molar-refractivity contribution in [3.05, 3.63) is 35.4 Å². The van der Waals surface area contributed by atoms with Crippen LogP contribution >= 0.6 is 24.8 Å². The zero-order valence-electron chi connectivity index (χ0n) is 14.5. The fourth-order valence-corrected chi connectivity index (χ4v) is 2.58. The molecule has 6 heteroatoms. The fourth-order valence-electron chi connectivity index (χ4n) is 2.39. The van der Waals surface area contributed by atoms with Crippen LogP contribution in [-0.4, -0.2) is 58.4 Å². The predicted molar refractivity (Wildman–Crippen MR) is 104 cm³/mol. The van der Waals surface area contributed by atoms with E-state index in [4.69, 9.17) is 12.2 Å². The third-order valence-electron chi connectivity index (χ3n) is 3.87. The lowest BCUT2D eigenvalue weighted by Gasteiger charge is -2.32. The molecule has 0 spiro atoms. The molecule has 1 aromatic rings. The van der Waals surface area contributed by atoms with Crippen LogP contribution in [0.2, 0.25) is 0 Å². The third-order valence-corrected chi connectivity index (χ3v) is 4.52. The van der Waals surface area contributed by atoms with Crippen LogP contribution in [0, 0.1) is 0 Å². The van der Waals surface area contributed by atoms with Crippen LogP contribution in [0.1, 0.15) is 36.7 Å². The van der Waals surface area contributed by atoms with E-state index in [1.165, 1.54) is 5.56 Å². The summed E-state index contributed by atoms with van der Waals surface area (Å²) in [5.74, 6) is 0.0522. The Kier molecular flexibility index (Phi) is 8.58. The summed E-state index contributed by atoms with van der Waals surface area (Å²) in [4.78, 5) is 14.6. The molecule has 0 bridgehead atoms. The molecule has 0 fully saturated rings. The van der Waals surface area contributed by atoms with Crippen LogP contribution in [0.5, 0.6) is 0 Å². The Bertz CT molecular complexity index is 515. The number of nitrogens with zero attached hydrogens (tertiary/aromatic N) is 3. The van der Waals surface area contributed by atoms with Gasteiger partial charge in [0, 0.05) is 38.8 Å². The summed E-state index contributed by atoms with van der Waals surface area (Å²) in [6.45, 7) is 9.26. The van der Waals surface area contributed by atoms with Crippen molar-refractivity contribution in [1.29, 1.82) is 0 Å². The summed E-state index contributed by atoms with van der Waals surface area (Å²) in [6, 6.07) is 7.84. The molecule has 4 nitrogen and oxygen atoms in total. The van der Waals surface area contributed by atoms with Crippen molar-refractivity contribution in [2.45, 2.75) is 27.2 Å². The number of thiol groups is 1. The Labute approximate surface area is 150 Å². The highest BCUT2D eigenvalue weighted by molar-refractivity contribution is 8.10. The van der Waals surface area contributed by atoms with Crippen molar-refractivity contribution in [3.8, 4) is 0 Å². The highest BCUT2D eigenvalue weighted by atomic mass is 32.1. The molecular weight excluding hydrogens is 326 g/mol. The molecule has 23 heavy (non-hydrogen) atoms. The second-order valence-corrected chi connectivity index (χ2v) is 6.42. The number of rotatable bonds is 8. The van der Waals surface area contributed by atoms with Gasteiger partial charge in [-0.3, -0.25) is 9.80 Å². The number of carbonyl (C=O) groups excluding carboxylic acids is 1. The minimum Gasteiger partial charge on any atom is -0.360 e. The molecule has 0 saturated carbocycles. The second-order valence-electron chi connectivity index (χ2n) is 5.31. The first-order valence-corrected chi connectivity index (χ1v) is 8.89. The lowest BCUT2D eigenvalue weighted by molar-refractivity contribution is -0.00113. The lowest BCUT2D eigenvalue weighted by atomic mass is 10.1. The Morgan fingerprint density at radius 1 is 1.09 bits per heavy atom. The van der Waals surface area contributed by atoms with Gasteiger partial charge in [-0.25, -0.2) is 5.01 Å². The maximum Gasteiger partial charge on any atom is 0.268 e. The van der Waals surface area contributed by atoms with Crippen molar-refractivity contribution >= 4 is 35.1 Å². The van der Waals surface area contributed by atoms with Gasteiger partial charge in [0.1, 0.15) is 4.32 Å². The van der Waals surface area contributed by atoms with Gasteiger partial charge < -0.3 is 4.90 Å². The summed E-state index contributed by atoms with van der Waals surface area (Å²) in [7, 11) is 1.93. The van der Waals surface area contributed by atoms with Crippen LogP contribution in [-0.2, 0) is 6.42 Å². The molecule has 0 heterocycles. The zero-order chi connectivity index (χ0) is 17.4. The number of hydrazine groups is 1. The first kappa shape index (κ1) is 19.9. The van der Waals surface area contributed by atoms with E-state index in [2.05, 4.69) is 31.5 Å². The van der Waals surface area contributed by atoms with Gasteiger partial charge in [-0.2, -0.15) is 0 Å². The molecule has 1 amide bonds. The molecule has 0 atom stereocenters. The molecule has 1 aromatic carbocycles. The molecular formula is C17H27N3OS2. The molecule has 128 valence electrons. The van der Waals surface area contributed by atoms with E-state index in [9.17, 15) is 4.79 Å². The number of hydrogen-bond donors (Lipinski definition) is 1. The van der Waals surface area contributed by atoms with Crippen LogP contribution in [0.4, 0.5) is 0 Å². The van der Waals surface area contributed by atoms with Crippen molar-refractivity contribution in [2.24, 2.45) is 0 Å². The van der Waals surface area contributed by atoms with Crippen LogP contribution in [0.15, 0.2) is 24.3 Å². The molecule has 0 unspecified atom stereocenters. The third kappa shape index (κ3) is 5.79. The van der Waals surface area contributed by atoms with E-state index < -0.39 is 0 Å². The Hall–Kier alpha value is -1.11. The smallest absolute Gasteiger partial charge is 0.268 e. The van der Waals surface area contributed by atoms with Gasteiger partial charge in [-0.1, -0.05) is 38.2 Å². The summed E-state index contributed by atoms with van der Waals surface area (Å²) >= 11 is 9.17. The van der Waals surface area contributed by atoms with Crippen LogP contribution in [0.25, 0.3) is 0 Å². The number of benzene rings is 1. The zero-order valence-corrected chi connectivity index (χ0v) is 16.2. The average molecular weight is 354 g/mol. The standard InChI is InChI=1S/C17H27N3OS2/c1-5-19(6-2)20(7-3)16(21)15-10-8-14(9-11-15)12-13-18(4)17(22)23/h8-11H,5-7,12-13H2,1-4H3,(H,22,23). The van der Waals surface area contributed by atoms with E-state index in [-0.39, 0.29) is 5.91 Å². The van der Waals surface area contributed by atoms with E-state index in [1.54, 1.807) is 0 Å². The van der Waals surface area contributed by atoms with E-state index in [0.717, 1.165) is 31.6 Å². The van der Waals surface area contributed by atoms with Gasteiger partial charge >= 0.3 is 0 Å². The lowest BCUT2D eigenvalue weighted by Crippen LogP contribution is -2.46. The topological polar surface area (TPSA) is 26.8 Å². The monoisotopic (exact) mass is 353 g/mol. The Morgan fingerprint density at radius 3 is 2.09 bits per heavy atom. The first-order chi connectivity index (χ1) is 10.9. The molecule has 0 aliphatic rings. The van der Waals surface area contributed by atoms with Gasteiger partial charge in [0.2, 0.25) is 0 Å². The van der Waals surface area contributed by atoms with Crippen molar-refractivity contribution in [1.82, 2.24) is 14.9 Å². The van der Waals surface area contributed by atoms with Crippen molar-refractivity contribution in [3.63, 3.8) is 0 Å². The van der Waals surface area contributed by atoms with Gasteiger partial charge in [0.25, 0.3) is 5.91 Å². The van der Waals surface area contributed by atoms with Crippen molar-refractivity contribution in [2.75, 3.05) is 33.2 Å². The second kappa shape index (κ2) is 9.90.